The number of fused-ring (bicyclic) bond motifs is 1. The average Bonchev–Trinajstić information content (AvgIpc) is 3.29. The second-order valence-corrected chi connectivity index (χ2v) is 9.81. The molecule has 3 aromatic rings. The number of carbonyl (C=O) groups is 2. The summed E-state index contributed by atoms with van der Waals surface area (Å²) in [4.78, 5) is 29.5. The summed E-state index contributed by atoms with van der Waals surface area (Å²) in [7, 11) is 0. The molecule has 0 fully saturated rings. The lowest BCUT2D eigenvalue weighted by molar-refractivity contribution is -0.137. The molecule has 37 heavy (non-hydrogen) atoms. The normalized spacial score (nSPS) is 14.6. The van der Waals surface area contributed by atoms with Gasteiger partial charge in [0.2, 0.25) is 5.91 Å². The Kier molecular flexibility index (Phi) is 7.16. The molecule has 0 unspecified atom stereocenters. The second-order valence-electron chi connectivity index (χ2n) is 9.81. The van der Waals surface area contributed by atoms with Crippen LogP contribution in [-0.4, -0.2) is 40.6 Å². The highest BCUT2D eigenvalue weighted by Crippen LogP contribution is 2.35. The van der Waals surface area contributed by atoms with E-state index in [4.69, 9.17) is 4.74 Å². The van der Waals surface area contributed by atoms with E-state index in [-0.39, 0.29) is 6.54 Å². The number of ether oxygens (including phenoxy) is 1. The van der Waals surface area contributed by atoms with Gasteiger partial charge in [-0.25, -0.2) is 4.79 Å². The molecule has 194 valence electrons. The first kappa shape index (κ1) is 26.1. The molecule has 0 saturated heterocycles. The summed E-state index contributed by atoms with van der Waals surface area (Å²) < 4.78 is 45.8. The third kappa shape index (κ3) is 6.61. The third-order valence-electron chi connectivity index (χ3n) is 5.82. The lowest BCUT2D eigenvalue weighted by Crippen LogP contribution is -2.39. The number of nitrogens with zero attached hydrogens (tertiary/aromatic N) is 1. The van der Waals surface area contributed by atoms with Crippen molar-refractivity contribution in [1.82, 2.24) is 9.88 Å². The van der Waals surface area contributed by atoms with E-state index < -0.39 is 29.3 Å². The van der Waals surface area contributed by atoms with E-state index in [0.29, 0.717) is 35.4 Å². The first-order valence-corrected chi connectivity index (χ1v) is 11.8. The fraction of sp³-hybridized carbons (Fsp3) is 0.286. The summed E-state index contributed by atoms with van der Waals surface area (Å²) in [5.41, 5.74) is 1.63. The molecule has 9 heteroatoms. The quantitative estimate of drug-likeness (QED) is 0.376. The molecule has 2 amide bonds. The topological polar surface area (TPSA) is 74.4 Å². The molecule has 2 N–H and O–H groups in total. The Hall–Kier alpha value is -4.01. The van der Waals surface area contributed by atoms with Crippen molar-refractivity contribution in [3.63, 3.8) is 0 Å². The maximum atomic E-state index is 13.5. The number of nitrogens with one attached hydrogen (secondary N) is 2. The third-order valence-corrected chi connectivity index (χ3v) is 5.82. The maximum Gasteiger partial charge on any atom is 0.416 e. The van der Waals surface area contributed by atoms with E-state index in [2.05, 4.69) is 10.3 Å². The maximum absolute atomic E-state index is 13.5. The van der Waals surface area contributed by atoms with Crippen LogP contribution in [0.15, 0.2) is 60.8 Å². The Balaban J connectivity index is 1.55. The van der Waals surface area contributed by atoms with Crippen LogP contribution in [0.5, 0.6) is 0 Å². The Bertz CT molecular complexity index is 1380. The molecule has 1 aliphatic rings. The van der Waals surface area contributed by atoms with E-state index in [9.17, 15) is 22.8 Å². The number of H-pyrrole nitrogens is 1. The fourth-order valence-electron chi connectivity index (χ4n) is 4.04. The van der Waals surface area contributed by atoms with Gasteiger partial charge < -0.3 is 19.9 Å². The standard InChI is InChI=1S/C28H28F3N3O3/c1-27(2,3)37-26(36)34-14-11-19(12-15-34)23-17-21(28(29,30)31)6-4-18(23)5-9-25(35)33-22-7-8-24-20(16-22)10-13-32-24/h4-11,13,16-17,32H,12,14-15H2,1-3H3,(H,33,35). The van der Waals surface area contributed by atoms with Crippen molar-refractivity contribution in [3.05, 3.63) is 77.5 Å². The molecular formula is C28H28F3N3O3. The van der Waals surface area contributed by atoms with Crippen LogP contribution < -0.4 is 5.32 Å². The van der Waals surface area contributed by atoms with Crippen LogP contribution in [0.2, 0.25) is 0 Å². The molecule has 6 nitrogen and oxygen atoms in total. The number of carbonyl (C=O) groups excluding carboxylic acids is 2. The van der Waals surface area contributed by atoms with Crippen LogP contribution in [0.3, 0.4) is 0 Å². The van der Waals surface area contributed by atoms with Gasteiger partial charge in [-0.1, -0.05) is 12.1 Å². The number of hydrogen-bond donors (Lipinski definition) is 2. The van der Waals surface area contributed by atoms with Gasteiger partial charge in [0.05, 0.1) is 5.56 Å². The van der Waals surface area contributed by atoms with Gasteiger partial charge in [0.25, 0.3) is 0 Å². The fourth-order valence-corrected chi connectivity index (χ4v) is 4.04. The number of alkyl halides is 3. The minimum Gasteiger partial charge on any atom is -0.444 e. The molecule has 0 saturated carbocycles. The predicted octanol–water partition coefficient (Wildman–Crippen LogP) is 6.86. The number of anilines is 1. The summed E-state index contributed by atoms with van der Waals surface area (Å²) >= 11 is 0. The van der Waals surface area contributed by atoms with E-state index in [1.807, 2.05) is 18.2 Å². The first-order chi connectivity index (χ1) is 17.4. The zero-order chi connectivity index (χ0) is 26.8. The van der Waals surface area contributed by atoms with Gasteiger partial charge in [0, 0.05) is 42.0 Å². The van der Waals surface area contributed by atoms with Gasteiger partial charge >= 0.3 is 12.3 Å². The second kappa shape index (κ2) is 10.2. The minimum absolute atomic E-state index is 0.214. The van der Waals surface area contributed by atoms with Crippen molar-refractivity contribution in [2.45, 2.75) is 39.0 Å². The molecule has 1 aromatic heterocycles. The number of halogens is 3. The summed E-state index contributed by atoms with van der Waals surface area (Å²) in [6, 6.07) is 10.8. The SMILES string of the molecule is CC(C)(C)OC(=O)N1CC=C(c2cc(C(F)(F)F)ccc2C=CC(=O)Nc2ccc3[nH]ccc3c2)CC1. The van der Waals surface area contributed by atoms with Crippen molar-refractivity contribution >= 4 is 40.2 Å². The monoisotopic (exact) mass is 511 g/mol. The average molecular weight is 512 g/mol. The summed E-state index contributed by atoms with van der Waals surface area (Å²) in [6.45, 7) is 5.83. The molecule has 0 bridgehead atoms. The molecule has 0 atom stereocenters. The van der Waals surface area contributed by atoms with E-state index in [1.54, 1.807) is 39.1 Å². The number of amides is 2. The van der Waals surface area contributed by atoms with Crippen LogP contribution in [-0.2, 0) is 15.7 Å². The zero-order valence-electron chi connectivity index (χ0n) is 20.8. The zero-order valence-corrected chi connectivity index (χ0v) is 20.8. The van der Waals surface area contributed by atoms with E-state index >= 15 is 0 Å². The van der Waals surface area contributed by atoms with Gasteiger partial charge in [-0.05, 0) is 86.4 Å². The van der Waals surface area contributed by atoms with Gasteiger partial charge in [0.15, 0.2) is 0 Å². The largest absolute Gasteiger partial charge is 0.444 e. The van der Waals surface area contributed by atoms with Crippen molar-refractivity contribution in [3.8, 4) is 0 Å². The summed E-state index contributed by atoms with van der Waals surface area (Å²) in [5.74, 6) is -0.408. The number of rotatable bonds is 4. The van der Waals surface area contributed by atoms with Crippen LogP contribution in [0, 0.1) is 0 Å². The molecular weight excluding hydrogens is 483 g/mol. The van der Waals surface area contributed by atoms with Crippen molar-refractivity contribution in [2.24, 2.45) is 0 Å². The Morgan fingerprint density at radius 3 is 2.54 bits per heavy atom. The number of benzene rings is 2. The van der Waals surface area contributed by atoms with Gasteiger partial charge in [0.1, 0.15) is 5.60 Å². The minimum atomic E-state index is -4.51. The highest BCUT2D eigenvalue weighted by Gasteiger charge is 2.32. The van der Waals surface area contributed by atoms with E-state index in [1.165, 1.54) is 23.1 Å². The molecule has 2 heterocycles. The Morgan fingerprint density at radius 1 is 1.08 bits per heavy atom. The highest BCUT2D eigenvalue weighted by molar-refractivity contribution is 6.03. The van der Waals surface area contributed by atoms with Crippen molar-refractivity contribution in [2.75, 3.05) is 18.4 Å². The Morgan fingerprint density at radius 2 is 1.86 bits per heavy atom. The number of hydrogen-bond acceptors (Lipinski definition) is 3. The molecule has 4 rings (SSSR count). The molecule has 0 radical (unpaired) electrons. The first-order valence-electron chi connectivity index (χ1n) is 11.8. The molecule has 1 aliphatic heterocycles. The van der Waals surface area contributed by atoms with Crippen LogP contribution in [0.1, 0.15) is 43.9 Å². The van der Waals surface area contributed by atoms with Gasteiger partial charge in [-0.15, -0.1) is 0 Å². The van der Waals surface area contributed by atoms with Crippen molar-refractivity contribution in [1.29, 1.82) is 0 Å². The summed E-state index contributed by atoms with van der Waals surface area (Å²) in [6.07, 6.45) is 1.70. The molecule has 2 aromatic carbocycles. The van der Waals surface area contributed by atoms with Crippen LogP contribution >= 0.6 is 0 Å². The molecule has 0 spiro atoms. The number of aromatic amines is 1. The highest BCUT2D eigenvalue weighted by atomic mass is 19.4. The van der Waals surface area contributed by atoms with Crippen LogP contribution in [0.25, 0.3) is 22.6 Å². The summed E-state index contributed by atoms with van der Waals surface area (Å²) in [5, 5.41) is 3.71. The number of aromatic nitrogens is 1. The van der Waals surface area contributed by atoms with Crippen LogP contribution in [0.4, 0.5) is 23.7 Å². The smallest absolute Gasteiger partial charge is 0.416 e. The molecule has 0 aliphatic carbocycles. The van der Waals surface area contributed by atoms with Gasteiger partial charge in [-0.3, -0.25) is 4.79 Å². The Labute approximate surface area is 212 Å². The predicted molar refractivity (Wildman–Crippen MR) is 138 cm³/mol. The van der Waals surface area contributed by atoms with Gasteiger partial charge in [-0.2, -0.15) is 13.2 Å². The lowest BCUT2D eigenvalue weighted by atomic mass is 9.92. The lowest BCUT2D eigenvalue weighted by Gasteiger charge is -2.30. The van der Waals surface area contributed by atoms with Crippen molar-refractivity contribution < 1.29 is 27.5 Å². The van der Waals surface area contributed by atoms with E-state index in [0.717, 1.165) is 23.0 Å².